The van der Waals surface area contributed by atoms with E-state index in [4.69, 9.17) is 0 Å². The van der Waals surface area contributed by atoms with E-state index in [2.05, 4.69) is 64.2 Å². The number of nitrogens with one attached hydrogen (secondary N) is 1. The van der Waals surface area contributed by atoms with E-state index in [-0.39, 0.29) is 0 Å². The van der Waals surface area contributed by atoms with Crippen LogP contribution < -0.4 is 5.32 Å². The maximum atomic E-state index is 3.49. The van der Waals surface area contributed by atoms with Crippen LogP contribution >= 0.6 is 0 Å². The fourth-order valence-corrected chi connectivity index (χ4v) is 1.87. The molecule has 0 amide bonds. The largest absolute Gasteiger partial charge is 0.311 e. The first-order valence-electron chi connectivity index (χ1n) is 6.53. The van der Waals surface area contributed by atoms with E-state index in [1.807, 2.05) is 0 Å². The zero-order valence-corrected chi connectivity index (χ0v) is 11.8. The van der Waals surface area contributed by atoms with Crippen LogP contribution in [0.4, 0.5) is 0 Å². The predicted molar refractivity (Wildman–Crippen MR) is 77.3 cm³/mol. The molecule has 0 aliphatic heterocycles. The van der Waals surface area contributed by atoms with Gasteiger partial charge in [0.2, 0.25) is 0 Å². The summed E-state index contributed by atoms with van der Waals surface area (Å²) >= 11 is 0. The van der Waals surface area contributed by atoms with E-state index in [1.165, 1.54) is 22.3 Å². The maximum absolute atomic E-state index is 3.49. The maximum Gasteiger partial charge on any atom is 0.0170 e. The molecule has 0 saturated carbocycles. The van der Waals surface area contributed by atoms with Crippen LogP contribution in [0.5, 0.6) is 0 Å². The standard InChI is InChI=1S/C16H25N/c1-6-15(11-17-12(2)3)10-16-13(4)8-7-9-14(16)5/h7-10,12,17H,6,11H2,1-5H3/b15-10-. The minimum Gasteiger partial charge on any atom is -0.311 e. The average Bonchev–Trinajstić information content (AvgIpc) is 2.27. The highest BCUT2D eigenvalue weighted by molar-refractivity contribution is 5.60. The van der Waals surface area contributed by atoms with Crippen LogP contribution in [0.2, 0.25) is 0 Å². The lowest BCUT2D eigenvalue weighted by Crippen LogP contribution is -2.24. The first-order valence-corrected chi connectivity index (χ1v) is 6.53. The third-order valence-electron chi connectivity index (χ3n) is 3.08. The molecule has 0 heterocycles. The van der Waals surface area contributed by atoms with E-state index in [1.54, 1.807) is 0 Å². The minimum atomic E-state index is 0.544. The summed E-state index contributed by atoms with van der Waals surface area (Å²) in [6.07, 6.45) is 3.45. The van der Waals surface area contributed by atoms with Crippen molar-refractivity contribution in [3.8, 4) is 0 Å². The van der Waals surface area contributed by atoms with Crippen LogP contribution in [0, 0.1) is 13.8 Å². The molecule has 0 saturated heterocycles. The number of aryl methyl sites for hydroxylation is 2. The average molecular weight is 231 g/mol. The fourth-order valence-electron chi connectivity index (χ4n) is 1.87. The van der Waals surface area contributed by atoms with Gasteiger partial charge < -0.3 is 5.32 Å². The normalized spacial score (nSPS) is 12.2. The number of rotatable bonds is 5. The van der Waals surface area contributed by atoms with Gasteiger partial charge in [-0.15, -0.1) is 0 Å². The summed E-state index contributed by atoms with van der Waals surface area (Å²) in [5.74, 6) is 0. The van der Waals surface area contributed by atoms with Gasteiger partial charge >= 0.3 is 0 Å². The lowest BCUT2D eigenvalue weighted by Gasteiger charge is -2.12. The quantitative estimate of drug-likeness (QED) is 0.804. The van der Waals surface area contributed by atoms with Gasteiger partial charge in [-0.1, -0.05) is 50.6 Å². The van der Waals surface area contributed by atoms with E-state index >= 15 is 0 Å². The smallest absolute Gasteiger partial charge is 0.0170 e. The Morgan fingerprint density at radius 2 is 1.82 bits per heavy atom. The summed E-state index contributed by atoms with van der Waals surface area (Å²) in [4.78, 5) is 0. The Bertz CT molecular complexity index is 368. The molecular formula is C16H25N. The van der Waals surface area contributed by atoms with E-state index in [0.717, 1.165) is 13.0 Å². The Morgan fingerprint density at radius 3 is 2.29 bits per heavy atom. The molecule has 0 unspecified atom stereocenters. The molecule has 17 heavy (non-hydrogen) atoms. The SMILES string of the molecule is CC/C(=C/c1c(C)cccc1C)CNC(C)C. The molecule has 1 heteroatoms. The lowest BCUT2D eigenvalue weighted by molar-refractivity contribution is 0.617. The van der Waals surface area contributed by atoms with Gasteiger partial charge in [0, 0.05) is 12.6 Å². The van der Waals surface area contributed by atoms with Crippen LogP contribution in [0.1, 0.15) is 43.9 Å². The van der Waals surface area contributed by atoms with Crippen molar-refractivity contribution in [2.45, 2.75) is 47.1 Å². The molecule has 0 spiro atoms. The number of hydrogen-bond donors (Lipinski definition) is 1. The summed E-state index contributed by atoms with van der Waals surface area (Å²) in [5, 5.41) is 3.49. The van der Waals surface area contributed by atoms with Crippen molar-refractivity contribution in [1.82, 2.24) is 5.32 Å². The topological polar surface area (TPSA) is 12.0 Å². The van der Waals surface area contributed by atoms with E-state index in [9.17, 15) is 0 Å². The summed E-state index contributed by atoms with van der Waals surface area (Å²) in [6, 6.07) is 7.03. The molecule has 1 rings (SSSR count). The predicted octanol–water partition coefficient (Wildman–Crippen LogP) is 4.09. The minimum absolute atomic E-state index is 0.544. The molecule has 94 valence electrons. The third kappa shape index (κ3) is 4.35. The zero-order chi connectivity index (χ0) is 12.8. The zero-order valence-electron chi connectivity index (χ0n) is 11.8. The molecule has 0 bridgehead atoms. The second-order valence-corrected chi connectivity index (χ2v) is 5.00. The highest BCUT2D eigenvalue weighted by Gasteiger charge is 2.02. The molecule has 1 nitrogen and oxygen atoms in total. The lowest BCUT2D eigenvalue weighted by atomic mass is 9.99. The van der Waals surface area contributed by atoms with Crippen molar-refractivity contribution < 1.29 is 0 Å². The van der Waals surface area contributed by atoms with Gasteiger partial charge in [0.05, 0.1) is 0 Å². The molecule has 0 aromatic heterocycles. The first-order chi connectivity index (χ1) is 8.04. The van der Waals surface area contributed by atoms with Crippen molar-refractivity contribution in [3.63, 3.8) is 0 Å². The summed E-state index contributed by atoms with van der Waals surface area (Å²) in [7, 11) is 0. The number of benzene rings is 1. The summed E-state index contributed by atoms with van der Waals surface area (Å²) in [5.41, 5.74) is 5.58. The molecule has 1 aromatic rings. The summed E-state index contributed by atoms with van der Waals surface area (Å²) < 4.78 is 0. The van der Waals surface area contributed by atoms with Crippen LogP contribution in [-0.2, 0) is 0 Å². The van der Waals surface area contributed by atoms with Crippen LogP contribution in [0.25, 0.3) is 6.08 Å². The van der Waals surface area contributed by atoms with Gasteiger partial charge in [0.25, 0.3) is 0 Å². The molecule has 0 aliphatic carbocycles. The Morgan fingerprint density at radius 1 is 1.24 bits per heavy atom. The Balaban J connectivity index is 2.90. The van der Waals surface area contributed by atoms with Crippen molar-refractivity contribution in [3.05, 3.63) is 40.5 Å². The number of hydrogen-bond acceptors (Lipinski definition) is 1. The molecule has 0 atom stereocenters. The van der Waals surface area contributed by atoms with Gasteiger partial charge in [0.15, 0.2) is 0 Å². The van der Waals surface area contributed by atoms with Gasteiger partial charge in [-0.25, -0.2) is 0 Å². The van der Waals surface area contributed by atoms with Crippen LogP contribution in [0.3, 0.4) is 0 Å². The van der Waals surface area contributed by atoms with E-state index in [0.29, 0.717) is 6.04 Å². The highest BCUT2D eigenvalue weighted by atomic mass is 14.9. The van der Waals surface area contributed by atoms with Crippen molar-refractivity contribution in [2.75, 3.05) is 6.54 Å². The molecule has 0 radical (unpaired) electrons. The van der Waals surface area contributed by atoms with E-state index < -0.39 is 0 Å². The first kappa shape index (κ1) is 14.0. The highest BCUT2D eigenvalue weighted by Crippen LogP contribution is 2.18. The summed E-state index contributed by atoms with van der Waals surface area (Å²) in [6.45, 7) is 12.0. The van der Waals surface area contributed by atoms with Gasteiger partial charge in [-0.05, 0) is 37.0 Å². The second kappa shape index (κ2) is 6.61. The molecular weight excluding hydrogens is 206 g/mol. The third-order valence-corrected chi connectivity index (χ3v) is 3.08. The van der Waals surface area contributed by atoms with Crippen LogP contribution in [-0.4, -0.2) is 12.6 Å². The van der Waals surface area contributed by atoms with Crippen molar-refractivity contribution in [2.24, 2.45) is 0 Å². The van der Waals surface area contributed by atoms with Crippen molar-refractivity contribution >= 4 is 6.08 Å². The second-order valence-electron chi connectivity index (χ2n) is 5.00. The molecule has 0 fully saturated rings. The van der Waals surface area contributed by atoms with Crippen LogP contribution in [0.15, 0.2) is 23.8 Å². The Kier molecular flexibility index (Phi) is 5.43. The molecule has 0 aliphatic rings. The fraction of sp³-hybridized carbons (Fsp3) is 0.500. The van der Waals surface area contributed by atoms with Crippen molar-refractivity contribution in [1.29, 1.82) is 0 Å². The molecule has 1 aromatic carbocycles. The van der Waals surface area contributed by atoms with Gasteiger partial charge in [-0.3, -0.25) is 0 Å². The Labute approximate surface area is 106 Å². The van der Waals surface area contributed by atoms with Gasteiger partial charge in [0.1, 0.15) is 0 Å². The monoisotopic (exact) mass is 231 g/mol. The Hall–Kier alpha value is -1.08. The van der Waals surface area contributed by atoms with Gasteiger partial charge in [-0.2, -0.15) is 0 Å². The molecule has 1 N–H and O–H groups in total.